The molecule has 2 aliphatic carbocycles. The SMILES string of the molecule is CC1CCC(OCCNC2CCCC2)CC1. The van der Waals surface area contributed by atoms with E-state index in [0.29, 0.717) is 6.10 Å². The summed E-state index contributed by atoms with van der Waals surface area (Å²) in [5, 5.41) is 3.60. The third-order valence-corrected chi connectivity index (χ3v) is 4.21. The van der Waals surface area contributed by atoms with Crippen LogP contribution in [0.5, 0.6) is 0 Å². The lowest BCUT2D eigenvalue weighted by Crippen LogP contribution is -2.31. The third kappa shape index (κ3) is 4.06. The molecule has 0 radical (unpaired) electrons. The highest BCUT2D eigenvalue weighted by atomic mass is 16.5. The predicted octanol–water partition coefficient (Wildman–Crippen LogP) is 3.11. The van der Waals surface area contributed by atoms with Gasteiger partial charge in [-0.3, -0.25) is 0 Å². The Kier molecular flexibility index (Phi) is 5.11. The van der Waals surface area contributed by atoms with E-state index in [4.69, 9.17) is 4.74 Å². The molecule has 0 bridgehead atoms. The molecule has 0 amide bonds. The first-order valence-electron chi connectivity index (χ1n) is 7.19. The van der Waals surface area contributed by atoms with Crippen molar-refractivity contribution >= 4 is 0 Å². The molecular formula is C14H27NO. The highest BCUT2D eigenvalue weighted by Gasteiger charge is 2.18. The zero-order chi connectivity index (χ0) is 11.2. The van der Waals surface area contributed by atoms with Crippen LogP contribution in [0.2, 0.25) is 0 Å². The van der Waals surface area contributed by atoms with Crippen molar-refractivity contribution in [2.24, 2.45) is 5.92 Å². The lowest BCUT2D eigenvalue weighted by atomic mass is 9.89. The highest BCUT2D eigenvalue weighted by Crippen LogP contribution is 2.25. The first-order chi connectivity index (χ1) is 7.84. The summed E-state index contributed by atoms with van der Waals surface area (Å²) in [5.41, 5.74) is 0. The number of rotatable bonds is 5. The molecule has 0 heterocycles. The maximum absolute atomic E-state index is 5.93. The molecule has 2 aliphatic rings. The molecule has 0 spiro atoms. The summed E-state index contributed by atoms with van der Waals surface area (Å²) in [6, 6.07) is 0.787. The van der Waals surface area contributed by atoms with Gasteiger partial charge in [-0.15, -0.1) is 0 Å². The Morgan fingerprint density at radius 3 is 2.38 bits per heavy atom. The second-order valence-electron chi connectivity index (χ2n) is 5.69. The molecule has 0 aromatic carbocycles. The van der Waals surface area contributed by atoms with Crippen LogP contribution in [-0.2, 0) is 4.74 Å². The molecule has 0 aliphatic heterocycles. The third-order valence-electron chi connectivity index (χ3n) is 4.21. The van der Waals surface area contributed by atoms with Crippen LogP contribution >= 0.6 is 0 Å². The second-order valence-corrected chi connectivity index (χ2v) is 5.69. The van der Waals surface area contributed by atoms with Gasteiger partial charge in [0.25, 0.3) is 0 Å². The minimum Gasteiger partial charge on any atom is -0.377 e. The van der Waals surface area contributed by atoms with E-state index in [-0.39, 0.29) is 0 Å². The van der Waals surface area contributed by atoms with Crippen molar-refractivity contribution in [3.05, 3.63) is 0 Å². The molecule has 2 saturated carbocycles. The van der Waals surface area contributed by atoms with Crippen LogP contribution in [0.1, 0.15) is 58.3 Å². The van der Waals surface area contributed by atoms with E-state index in [1.807, 2.05) is 0 Å². The van der Waals surface area contributed by atoms with Crippen molar-refractivity contribution in [1.82, 2.24) is 5.32 Å². The van der Waals surface area contributed by atoms with Gasteiger partial charge in [-0.25, -0.2) is 0 Å². The largest absolute Gasteiger partial charge is 0.377 e. The molecule has 0 saturated heterocycles. The maximum Gasteiger partial charge on any atom is 0.0594 e. The first-order valence-corrected chi connectivity index (χ1v) is 7.19. The van der Waals surface area contributed by atoms with Gasteiger partial charge in [-0.2, -0.15) is 0 Å². The average molecular weight is 225 g/mol. The molecule has 2 nitrogen and oxygen atoms in total. The van der Waals surface area contributed by atoms with Gasteiger partial charge in [0.1, 0.15) is 0 Å². The number of hydrogen-bond acceptors (Lipinski definition) is 2. The Hall–Kier alpha value is -0.0800. The van der Waals surface area contributed by atoms with Crippen LogP contribution in [0.3, 0.4) is 0 Å². The van der Waals surface area contributed by atoms with Gasteiger partial charge in [0.2, 0.25) is 0 Å². The Morgan fingerprint density at radius 2 is 1.69 bits per heavy atom. The lowest BCUT2D eigenvalue weighted by Gasteiger charge is -2.26. The Balaban J connectivity index is 1.48. The summed E-state index contributed by atoms with van der Waals surface area (Å²) in [6.45, 7) is 4.32. The van der Waals surface area contributed by atoms with Crippen LogP contribution < -0.4 is 5.32 Å². The van der Waals surface area contributed by atoms with Crippen molar-refractivity contribution in [3.8, 4) is 0 Å². The van der Waals surface area contributed by atoms with Crippen LogP contribution in [0, 0.1) is 5.92 Å². The molecule has 1 N–H and O–H groups in total. The number of nitrogens with one attached hydrogen (secondary N) is 1. The topological polar surface area (TPSA) is 21.3 Å². The fraction of sp³-hybridized carbons (Fsp3) is 1.00. The number of ether oxygens (including phenoxy) is 1. The summed E-state index contributed by atoms with van der Waals surface area (Å²) in [5.74, 6) is 0.927. The second kappa shape index (κ2) is 6.61. The minimum absolute atomic E-state index is 0.557. The maximum atomic E-state index is 5.93. The smallest absolute Gasteiger partial charge is 0.0594 e. The van der Waals surface area contributed by atoms with Gasteiger partial charge >= 0.3 is 0 Å². The first kappa shape index (κ1) is 12.4. The predicted molar refractivity (Wildman–Crippen MR) is 67.6 cm³/mol. The summed E-state index contributed by atoms with van der Waals surface area (Å²) >= 11 is 0. The van der Waals surface area contributed by atoms with Gasteiger partial charge < -0.3 is 10.1 Å². The van der Waals surface area contributed by atoms with Gasteiger partial charge in [0, 0.05) is 12.6 Å². The number of hydrogen-bond donors (Lipinski definition) is 1. The molecule has 2 rings (SSSR count). The van der Waals surface area contributed by atoms with Gasteiger partial charge in [0.15, 0.2) is 0 Å². The monoisotopic (exact) mass is 225 g/mol. The zero-order valence-electron chi connectivity index (χ0n) is 10.7. The zero-order valence-corrected chi connectivity index (χ0v) is 10.7. The van der Waals surface area contributed by atoms with Gasteiger partial charge in [-0.1, -0.05) is 19.8 Å². The van der Waals surface area contributed by atoms with Crippen LogP contribution in [0.4, 0.5) is 0 Å². The lowest BCUT2D eigenvalue weighted by molar-refractivity contribution is 0.0208. The summed E-state index contributed by atoms with van der Waals surface area (Å²) in [4.78, 5) is 0. The minimum atomic E-state index is 0.557. The van der Waals surface area contributed by atoms with E-state index < -0.39 is 0 Å². The van der Waals surface area contributed by atoms with Crippen LogP contribution in [0.25, 0.3) is 0 Å². The van der Waals surface area contributed by atoms with Crippen molar-refractivity contribution in [2.45, 2.75) is 70.4 Å². The Bertz CT molecular complexity index is 181. The standard InChI is InChI=1S/C14H27NO/c1-12-6-8-14(9-7-12)16-11-10-15-13-4-2-3-5-13/h12-15H,2-11H2,1H3. The average Bonchev–Trinajstić information content (AvgIpc) is 2.80. The molecule has 0 unspecified atom stereocenters. The van der Waals surface area contributed by atoms with E-state index in [2.05, 4.69) is 12.2 Å². The summed E-state index contributed by atoms with van der Waals surface area (Å²) < 4.78 is 5.93. The normalized spacial score (nSPS) is 32.1. The van der Waals surface area contributed by atoms with Crippen LogP contribution in [-0.4, -0.2) is 25.3 Å². The van der Waals surface area contributed by atoms with E-state index in [9.17, 15) is 0 Å². The Labute approximate surface area is 100 Å². The molecule has 0 aromatic rings. The molecule has 0 aromatic heterocycles. The van der Waals surface area contributed by atoms with Crippen molar-refractivity contribution in [3.63, 3.8) is 0 Å². The molecule has 94 valence electrons. The van der Waals surface area contributed by atoms with E-state index in [1.54, 1.807) is 0 Å². The summed E-state index contributed by atoms with van der Waals surface area (Å²) in [7, 11) is 0. The van der Waals surface area contributed by atoms with E-state index in [1.165, 1.54) is 51.4 Å². The Morgan fingerprint density at radius 1 is 1.00 bits per heavy atom. The van der Waals surface area contributed by atoms with E-state index >= 15 is 0 Å². The molecule has 2 heteroatoms. The van der Waals surface area contributed by atoms with E-state index in [0.717, 1.165) is 25.1 Å². The molecule has 0 atom stereocenters. The molecule has 2 fully saturated rings. The quantitative estimate of drug-likeness (QED) is 0.726. The fourth-order valence-corrected chi connectivity index (χ4v) is 3.01. The van der Waals surface area contributed by atoms with Gasteiger partial charge in [0.05, 0.1) is 12.7 Å². The van der Waals surface area contributed by atoms with Crippen molar-refractivity contribution in [2.75, 3.05) is 13.2 Å². The fourth-order valence-electron chi connectivity index (χ4n) is 3.01. The van der Waals surface area contributed by atoms with Crippen molar-refractivity contribution in [1.29, 1.82) is 0 Å². The molecular weight excluding hydrogens is 198 g/mol. The van der Waals surface area contributed by atoms with Crippen molar-refractivity contribution < 1.29 is 4.74 Å². The summed E-state index contributed by atoms with van der Waals surface area (Å²) in [6.07, 6.45) is 11.4. The van der Waals surface area contributed by atoms with Gasteiger partial charge in [-0.05, 0) is 44.4 Å². The van der Waals surface area contributed by atoms with Crippen LogP contribution in [0.15, 0.2) is 0 Å². The highest BCUT2D eigenvalue weighted by molar-refractivity contribution is 4.74. The molecule has 16 heavy (non-hydrogen) atoms.